The van der Waals surface area contributed by atoms with Crippen molar-refractivity contribution in [2.75, 3.05) is 39.9 Å². The molecule has 1 fully saturated rings. The molecule has 0 aromatic rings. The molecule has 1 aliphatic heterocycles. The Morgan fingerprint density at radius 3 is 2.39 bits per heavy atom. The van der Waals surface area contributed by atoms with Crippen LogP contribution in [0.1, 0.15) is 33.6 Å². The molecule has 1 unspecified atom stereocenters. The Kier molecular flexibility index (Phi) is 6.57. The molecule has 0 aromatic carbocycles. The Hall–Kier alpha value is -0.160. The fraction of sp³-hybridized carbons (Fsp3) is 1.00. The van der Waals surface area contributed by atoms with Crippen LogP contribution in [0.2, 0.25) is 0 Å². The third-order valence-corrected chi connectivity index (χ3v) is 3.62. The van der Waals surface area contributed by atoms with Gasteiger partial charge in [0.1, 0.15) is 0 Å². The van der Waals surface area contributed by atoms with Gasteiger partial charge in [-0.25, -0.2) is 0 Å². The lowest BCUT2D eigenvalue weighted by Crippen LogP contribution is -2.48. The molecule has 18 heavy (non-hydrogen) atoms. The van der Waals surface area contributed by atoms with Crippen LogP contribution in [-0.2, 0) is 4.74 Å². The van der Waals surface area contributed by atoms with Gasteiger partial charge in [0.2, 0.25) is 0 Å². The van der Waals surface area contributed by atoms with Crippen LogP contribution in [0, 0.1) is 5.41 Å². The number of aliphatic hydroxyl groups is 1. The fourth-order valence-corrected chi connectivity index (χ4v) is 2.70. The zero-order valence-corrected chi connectivity index (χ0v) is 12.4. The van der Waals surface area contributed by atoms with Crippen LogP contribution in [0.15, 0.2) is 0 Å². The van der Waals surface area contributed by atoms with Crippen molar-refractivity contribution in [1.82, 2.24) is 10.2 Å². The van der Waals surface area contributed by atoms with Crippen LogP contribution in [0.5, 0.6) is 0 Å². The first-order valence-corrected chi connectivity index (χ1v) is 7.11. The maximum atomic E-state index is 9.47. The molecular formula is C14H30N2O2. The molecule has 4 nitrogen and oxygen atoms in total. The molecule has 0 radical (unpaired) electrons. The Balaban J connectivity index is 2.53. The van der Waals surface area contributed by atoms with Crippen molar-refractivity contribution in [3.63, 3.8) is 0 Å². The van der Waals surface area contributed by atoms with E-state index >= 15 is 0 Å². The minimum atomic E-state index is -0.259. The van der Waals surface area contributed by atoms with Crippen LogP contribution >= 0.6 is 0 Å². The van der Waals surface area contributed by atoms with Crippen molar-refractivity contribution < 1.29 is 9.84 Å². The highest BCUT2D eigenvalue weighted by molar-refractivity contribution is 4.87. The summed E-state index contributed by atoms with van der Waals surface area (Å²) in [5.74, 6) is 0. The van der Waals surface area contributed by atoms with Crippen LogP contribution in [0.3, 0.4) is 0 Å². The molecule has 1 saturated heterocycles. The Bertz CT molecular complexity index is 226. The van der Waals surface area contributed by atoms with E-state index in [1.165, 1.54) is 0 Å². The average Bonchev–Trinajstić information content (AvgIpc) is 2.26. The number of hydrogen-bond donors (Lipinski definition) is 2. The molecule has 0 saturated carbocycles. The minimum absolute atomic E-state index is 0.259. The van der Waals surface area contributed by atoms with Crippen LogP contribution in [0.4, 0.5) is 0 Å². The second-order valence-electron chi connectivity index (χ2n) is 6.19. The smallest absolute Gasteiger partial charge is 0.0638 e. The summed E-state index contributed by atoms with van der Waals surface area (Å²) in [7, 11) is 2.10. The van der Waals surface area contributed by atoms with Crippen molar-refractivity contribution in [3.8, 4) is 0 Å². The van der Waals surface area contributed by atoms with Gasteiger partial charge in [0, 0.05) is 38.9 Å². The quantitative estimate of drug-likeness (QED) is 0.717. The van der Waals surface area contributed by atoms with E-state index in [-0.39, 0.29) is 6.10 Å². The predicted octanol–water partition coefficient (Wildman–Crippen LogP) is 1.09. The lowest BCUT2D eigenvalue weighted by Gasteiger charge is -2.41. The Labute approximate surface area is 112 Å². The largest absolute Gasteiger partial charge is 0.392 e. The average molecular weight is 258 g/mol. The summed E-state index contributed by atoms with van der Waals surface area (Å²) in [5.41, 5.74) is 0.298. The normalized spacial score (nSPS) is 21.5. The van der Waals surface area contributed by atoms with Crippen molar-refractivity contribution in [1.29, 1.82) is 0 Å². The van der Waals surface area contributed by atoms with Gasteiger partial charge in [0.25, 0.3) is 0 Å². The monoisotopic (exact) mass is 258 g/mol. The van der Waals surface area contributed by atoms with Gasteiger partial charge < -0.3 is 20.1 Å². The van der Waals surface area contributed by atoms with E-state index in [1.54, 1.807) is 0 Å². The molecule has 4 heteroatoms. The zero-order chi connectivity index (χ0) is 13.6. The number of aliphatic hydroxyl groups excluding tert-OH is 1. The molecule has 108 valence electrons. The van der Waals surface area contributed by atoms with Gasteiger partial charge in [0.05, 0.1) is 6.10 Å². The molecule has 0 amide bonds. The molecule has 1 atom stereocenters. The van der Waals surface area contributed by atoms with E-state index in [9.17, 15) is 5.11 Å². The fourth-order valence-electron chi connectivity index (χ4n) is 2.70. The maximum Gasteiger partial charge on any atom is 0.0638 e. The van der Waals surface area contributed by atoms with Crippen LogP contribution < -0.4 is 5.32 Å². The highest BCUT2D eigenvalue weighted by Crippen LogP contribution is 2.30. The summed E-state index contributed by atoms with van der Waals surface area (Å²) in [4.78, 5) is 2.25. The number of likely N-dealkylation sites (N-methyl/N-ethyl adjacent to an activating group) is 1. The molecule has 0 aliphatic carbocycles. The Morgan fingerprint density at radius 2 is 1.89 bits per heavy atom. The Morgan fingerprint density at radius 1 is 1.28 bits per heavy atom. The molecular weight excluding hydrogens is 228 g/mol. The first-order valence-electron chi connectivity index (χ1n) is 7.11. The molecule has 0 bridgehead atoms. The molecule has 1 aliphatic rings. The maximum absolute atomic E-state index is 9.47. The third-order valence-electron chi connectivity index (χ3n) is 3.62. The van der Waals surface area contributed by atoms with Gasteiger partial charge in [0.15, 0.2) is 0 Å². The number of rotatable bonds is 7. The standard InChI is InChI=1S/C14H30N2O2/c1-12(2)15-10-14(5-7-18-8-6-14)11-16(4)9-13(3)17/h12-13,15,17H,5-11H2,1-4H3. The number of hydrogen-bond acceptors (Lipinski definition) is 4. The lowest BCUT2D eigenvalue weighted by atomic mass is 9.79. The van der Waals surface area contributed by atoms with E-state index in [4.69, 9.17) is 4.74 Å². The van der Waals surface area contributed by atoms with Gasteiger partial charge in [-0.15, -0.1) is 0 Å². The second-order valence-corrected chi connectivity index (χ2v) is 6.19. The summed E-state index contributed by atoms with van der Waals surface area (Å²) in [6.45, 7) is 10.8. The molecule has 1 heterocycles. The highest BCUT2D eigenvalue weighted by atomic mass is 16.5. The minimum Gasteiger partial charge on any atom is -0.392 e. The molecule has 2 N–H and O–H groups in total. The SMILES string of the molecule is CC(O)CN(C)CC1(CNC(C)C)CCOCC1. The van der Waals surface area contributed by atoms with Crippen LogP contribution in [0.25, 0.3) is 0 Å². The van der Waals surface area contributed by atoms with Crippen molar-refractivity contribution in [2.45, 2.75) is 45.8 Å². The van der Waals surface area contributed by atoms with Crippen molar-refractivity contribution >= 4 is 0 Å². The first kappa shape index (κ1) is 15.9. The van der Waals surface area contributed by atoms with E-state index in [0.29, 0.717) is 11.5 Å². The molecule has 0 aromatic heterocycles. The summed E-state index contributed by atoms with van der Waals surface area (Å²) in [6.07, 6.45) is 1.96. The number of ether oxygens (including phenoxy) is 1. The topological polar surface area (TPSA) is 44.7 Å². The number of nitrogens with zero attached hydrogens (tertiary/aromatic N) is 1. The van der Waals surface area contributed by atoms with E-state index < -0.39 is 0 Å². The van der Waals surface area contributed by atoms with Gasteiger partial charge >= 0.3 is 0 Å². The highest BCUT2D eigenvalue weighted by Gasteiger charge is 2.33. The first-order chi connectivity index (χ1) is 8.43. The van der Waals surface area contributed by atoms with Crippen molar-refractivity contribution in [2.24, 2.45) is 5.41 Å². The van der Waals surface area contributed by atoms with Gasteiger partial charge in [-0.2, -0.15) is 0 Å². The number of nitrogens with one attached hydrogen (secondary N) is 1. The summed E-state index contributed by atoms with van der Waals surface area (Å²) >= 11 is 0. The van der Waals surface area contributed by atoms with Crippen LogP contribution in [-0.4, -0.2) is 62.0 Å². The van der Waals surface area contributed by atoms with Gasteiger partial charge in [-0.1, -0.05) is 13.8 Å². The summed E-state index contributed by atoms with van der Waals surface area (Å²) < 4.78 is 5.50. The summed E-state index contributed by atoms with van der Waals surface area (Å²) in [6, 6.07) is 0.520. The summed E-state index contributed by atoms with van der Waals surface area (Å²) in [5, 5.41) is 13.0. The zero-order valence-electron chi connectivity index (χ0n) is 12.4. The van der Waals surface area contributed by atoms with Gasteiger partial charge in [-0.3, -0.25) is 0 Å². The van der Waals surface area contributed by atoms with E-state index in [2.05, 4.69) is 31.1 Å². The van der Waals surface area contributed by atoms with E-state index in [0.717, 1.165) is 45.7 Å². The third kappa shape index (κ3) is 5.65. The van der Waals surface area contributed by atoms with E-state index in [1.807, 2.05) is 6.92 Å². The predicted molar refractivity (Wildman–Crippen MR) is 74.8 cm³/mol. The molecule has 1 rings (SSSR count). The molecule has 0 spiro atoms. The van der Waals surface area contributed by atoms with Gasteiger partial charge in [-0.05, 0) is 32.2 Å². The van der Waals surface area contributed by atoms with Crippen molar-refractivity contribution in [3.05, 3.63) is 0 Å². The second kappa shape index (κ2) is 7.43. The lowest BCUT2D eigenvalue weighted by molar-refractivity contribution is -0.00631.